The number of hydrogen-bond donors (Lipinski definition) is 0. The monoisotopic (exact) mass is 478 g/mol. The van der Waals surface area contributed by atoms with Crippen LogP contribution in [0.5, 0.6) is 11.5 Å². The molecule has 34 heavy (non-hydrogen) atoms. The number of imide groups is 1. The third kappa shape index (κ3) is 3.57. The van der Waals surface area contributed by atoms with Gasteiger partial charge in [0.05, 0.1) is 31.6 Å². The van der Waals surface area contributed by atoms with Gasteiger partial charge < -0.3 is 9.47 Å². The zero-order chi connectivity index (χ0) is 24.0. The number of carbonyl (C=O) groups excluding carboxylic acids is 2. The first-order valence-corrected chi connectivity index (χ1v) is 11.2. The molecule has 5 rings (SSSR count). The minimum atomic E-state index is -0.971. The summed E-state index contributed by atoms with van der Waals surface area (Å²) in [4.78, 5) is 34.6. The molecule has 0 N–H and O–H groups in total. The number of fused-ring (bicyclic) bond motifs is 1. The molecule has 3 aromatic rings. The van der Waals surface area contributed by atoms with Crippen LogP contribution >= 0.6 is 11.6 Å². The van der Waals surface area contributed by atoms with Gasteiger partial charge in [0.15, 0.2) is 6.10 Å². The van der Waals surface area contributed by atoms with Crippen LogP contribution < -0.4 is 19.4 Å². The maximum atomic E-state index is 13.7. The SMILES string of the molecule is COc1ccc([C@@H]2[C@H]3C(=O)N(c4ccc(C)cc4)C(=O)[C@H]3ON2c2ccc(Cl)cc2)c(OC)c1. The molecule has 3 aromatic carbocycles. The van der Waals surface area contributed by atoms with E-state index in [0.29, 0.717) is 33.5 Å². The Morgan fingerprint density at radius 1 is 0.853 bits per heavy atom. The lowest BCUT2D eigenvalue weighted by Crippen LogP contribution is -2.37. The van der Waals surface area contributed by atoms with Gasteiger partial charge in [0, 0.05) is 16.7 Å². The van der Waals surface area contributed by atoms with E-state index in [1.54, 1.807) is 67.8 Å². The molecule has 7 nitrogen and oxygen atoms in total. The zero-order valence-corrected chi connectivity index (χ0v) is 19.7. The summed E-state index contributed by atoms with van der Waals surface area (Å²) in [5.74, 6) is -0.344. The van der Waals surface area contributed by atoms with Crippen LogP contribution in [0.25, 0.3) is 0 Å². The number of nitrogens with zero attached hydrogens (tertiary/aromatic N) is 2. The number of methoxy groups -OCH3 is 2. The normalized spacial score (nSPS) is 21.7. The predicted molar refractivity (Wildman–Crippen MR) is 128 cm³/mol. The molecule has 2 amide bonds. The fourth-order valence-electron chi connectivity index (χ4n) is 4.55. The number of rotatable bonds is 5. The highest BCUT2D eigenvalue weighted by molar-refractivity contribution is 6.30. The van der Waals surface area contributed by atoms with Crippen molar-refractivity contribution in [3.63, 3.8) is 0 Å². The molecule has 2 saturated heterocycles. The summed E-state index contributed by atoms with van der Waals surface area (Å²) in [5, 5.41) is 2.18. The van der Waals surface area contributed by atoms with Crippen LogP contribution in [0.2, 0.25) is 5.02 Å². The standard InChI is InChI=1S/C26H23ClN2O5/c1-15-4-8-17(9-5-15)28-25(30)22-23(20-13-12-19(32-2)14-21(20)33-3)29(34-24(22)26(28)31)18-10-6-16(27)7-11-18/h4-14,22-24H,1-3H3/t22-,23-,24+/m1/s1. The maximum absolute atomic E-state index is 13.7. The first-order chi connectivity index (χ1) is 16.4. The van der Waals surface area contributed by atoms with Crippen molar-refractivity contribution < 1.29 is 23.9 Å². The zero-order valence-electron chi connectivity index (χ0n) is 18.9. The number of amides is 2. The second kappa shape index (κ2) is 8.66. The second-order valence-electron chi connectivity index (χ2n) is 8.25. The molecular weight excluding hydrogens is 456 g/mol. The Bertz CT molecular complexity index is 1250. The molecule has 0 bridgehead atoms. The van der Waals surface area contributed by atoms with Gasteiger partial charge in [-0.1, -0.05) is 29.3 Å². The lowest BCUT2D eigenvalue weighted by molar-refractivity contribution is -0.126. The average Bonchev–Trinajstić information content (AvgIpc) is 3.35. The first kappa shape index (κ1) is 22.3. The Hall–Kier alpha value is -3.55. The van der Waals surface area contributed by atoms with Crippen LogP contribution in [0, 0.1) is 12.8 Å². The van der Waals surface area contributed by atoms with E-state index in [0.717, 1.165) is 5.56 Å². The summed E-state index contributed by atoms with van der Waals surface area (Å²) in [5.41, 5.74) is 2.94. The molecule has 0 aromatic heterocycles. The topological polar surface area (TPSA) is 68.3 Å². The van der Waals surface area contributed by atoms with E-state index >= 15 is 0 Å². The molecule has 8 heteroatoms. The van der Waals surface area contributed by atoms with E-state index in [2.05, 4.69) is 0 Å². The van der Waals surface area contributed by atoms with Gasteiger partial charge in [-0.2, -0.15) is 0 Å². The van der Waals surface area contributed by atoms with Crippen LogP contribution in [0.3, 0.4) is 0 Å². The minimum absolute atomic E-state index is 0.321. The molecule has 2 fully saturated rings. The van der Waals surface area contributed by atoms with Crippen molar-refractivity contribution in [2.24, 2.45) is 5.92 Å². The summed E-state index contributed by atoms with van der Waals surface area (Å²) >= 11 is 6.08. The maximum Gasteiger partial charge on any atom is 0.266 e. The van der Waals surface area contributed by atoms with Crippen LogP contribution in [0.15, 0.2) is 66.7 Å². The summed E-state index contributed by atoms with van der Waals surface area (Å²) in [7, 11) is 3.13. The average molecular weight is 479 g/mol. The molecule has 0 aliphatic carbocycles. The van der Waals surface area contributed by atoms with E-state index in [1.165, 1.54) is 4.90 Å². The number of hydrogen-bond acceptors (Lipinski definition) is 6. The summed E-state index contributed by atoms with van der Waals surface area (Å²) in [6, 6.07) is 19.1. The highest BCUT2D eigenvalue weighted by atomic mass is 35.5. The van der Waals surface area contributed by atoms with Crippen molar-refractivity contribution in [3.05, 3.63) is 82.9 Å². The highest BCUT2D eigenvalue weighted by Gasteiger charge is 2.60. The van der Waals surface area contributed by atoms with Gasteiger partial charge >= 0.3 is 0 Å². The molecule has 2 aliphatic rings. The van der Waals surface area contributed by atoms with Crippen molar-refractivity contribution >= 4 is 34.8 Å². The van der Waals surface area contributed by atoms with E-state index < -0.39 is 24.0 Å². The fourth-order valence-corrected chi connectivity index (χ4v) is 4.68. The van der Waals surface area contributed by atoms with Crippen LogP contribution in [0.1, 0.15) is 17.2 Å². The molecule has 0 spiro atoms. The number of hydroxylamine groups is 1. The smallest absolute Gasteiger partial charge is 0.266 e. The Morgan fingerprint density at radius 2 is 1.53 bits per heavy atom. The number of benzene rings is 3. The summed E-state index contributed by atoms with van der Waals surface area (Å²) in [6.07, 6.45) is -0.971. The van der Waals surface area contributed by atoms with E-state index in [1.807, 2.05) is 25.1 Å². The van der Waals surface area contributed by atoms with E-state index in [4.69, 9.17) is 25.9 Å². The van der Waals surface area contributed by atoms with Crippen molar-refractivity contribution in [3.8, 4) is 11.5 Å². The number of anilines is 2. The molecule has 0 radical (unpaired) electrons. The third-order valence-corrected chi connectivity index (χ3v) is 6.50. The van der Waals surface area contributed by atoms with Gasteiger partial charge in [0.2, 0.25) is 5.91 Å². The molecule has 2 aliphatic heterocycles. The number of carbonyl (C=O) groups is 2. The lowest BCUT2D eigenvalue weighted by atomic mass is 9.90. The van der Waals surface area contributed by atoms with Gasteiger partial charge in [-0.3, -0.25) is 14.4 Å². The van der Waals surface area contributed by atoms with E-state index in [9.17, 15) is 9.59 Å². The van der Waals surface area contributed by atoms with Gasteiger partial charge in [-0.15, -0.1) is 0 Å². The molecule has 3 atom stereocenters. The van der Waals surface area contributed by atoms with Gasteiger partial charge in [0.25, 0.3) is 5.91 Å². The largest absolute Gasteiger partial charge is 0.497 e. The third-order valence-electron chi connectivity index (χ3n) is 6.25. The summed E-state index contributed by atoms with van der Waals surface area (Å²) < 4.78 is 11.0. The van der Waals surface area contributed by atoms with Crippen LogP contribution in [0.4, 0.5) is 11.4 Å². The molecule has 2 heterocycles. The van der Waals surface area contributed by atoms with Crippen molar-refractivity contribution in [1.82, 2.24) is 0 Å². The van der Waals surface area contributed by atoms with Crippen molar-refractivity contribution in [2.75, 3.05) is 24.2 Å². The Labute approximate surface area is 202 Å². The van der Waals surface area contributed by atoms with Crippen LogP contribution in [-0.4, -0.2) is 32.1 Å². The van der Waals surface area contributed by atoms with Crippen LogP contribution in [-0.2, 0) is 14.4 Å². The highest BCUT2D eigenvalue weighted by Crippen LogP contribution is 2.50. The molecule has 0 saturated carbocycles. The molecule has 174 valence electrons. The Kier molecular flexibility index (Phi) is 5.67. The quantitative estimate of drug-likeness (QED) is 0.494. The fraction of sp³-hybridized carbons (Fsp3) is 0.231. The molecule has 0 unspecified atom stereocenters. The van der Waals surface area contributed by atoms with Gasteiger partial charge in [-0.05, 0) is 55.5 Å². The number of aryl methyl sites for hydroxylation is 1. The van der Waals surface area contributed by atoms with Crippen molar-refractivity contribution in [2.45, 2.75) is 19.1 Å². The van der Waals surface area contributed by atoms with E-state index in [-0.39, 0.29) is 5.91 Å². The molecular formula is C26H23ClN2O5. The Balaban J connectivity index is 1.62. The Morgan fingerprint density at radius 3 is 2.18 bits per heavy atom. The predicted octanol–water partition coefficient (Wildman–Crippen LogP) is 4.72. The summed E-state index contributed by atoms with van der Waals surface area (Å²) in [6.45, 7) is 1.95. The number of halogens is 1. The number of ether oxygens (including phenoxy) is 2. The van der Waals surface area contributed by atoms with Gasteiger partial charge in [0.1, 0.15) is 17.4 Å². The van der Waals surface area contributed by atoms with Crippen molar-refractivity contribution in [1.29, 1.82) is 0 Å². The second-order valence-corrected chi connectivity index (χ2v) is 8.69. The first-order valence-electron chi connectivity index (χ1n) is 10.8. The minimum Gasteiger partial charge on any atom is -0.497 e. The lowest BCUT2D eigenvalue weighted by Gasteiger charge is -2.29. The van der Waals surface area contributed by atoms with Gasteiger partial charge in [-0.25, -0.2) is 9.96 Å².